The van der Waals surface area contributed by atoms with Crippen LogP contribution in [0, 0.1) is 5.41 Å². The van der Waals surface area contributed by atoms with Crippen molar-refractivity contribution in [3.8, 4) is 0 Å². The quantitative estimate of drug-likeness (QED) is 0.444. The monoisotopic (exact) mass is 603 g/mol. The molecule has 2 aromatic heterocycles. The van der Waals surface area contributed by atoms with E-state index in [0.717, 1.165) is 18.4 Å². The maximum Gasteiger partial charge on any atom is 0.401 e. The van der Waals surface area contributed by atoms with Crippen LogP contribution in [0.15, 0.2) is 36.5 Å². The van der Waals surface area contributed by atoms with E-state index in [1.54, 1.807) is 0 Å². The van der Waals surface area contributed by atoms with Gasteiger partial charge in [0.2, 0.25) is 5.91 Å². The molecule has 8 nitrogen and oxygen atoms in total. The molecule has 40 heavy (non-hydrogen) atoms. The maximum absolute atomic E-state index is 15.0. The molecule has 0 radical (unpaired) electrons. The van der Waals surface area contributed by atoms with Gasteiger partial charge in [0.25, 0.3) is 5.92 Å². The van der Waals surface area contributed by atoms with E-state index in [1.165, 1.54) is 41.4 Å². The molecule has 1 aliphatic carbocycles. The van der Waals surface area contributed by atoms with Gasteiger partial charge < -0.3 is 10.2 Å². The summed E-state index contributed by atoms with van der Waals surface area (Å²) in [6, 6.07) is 6.22. The van der Waals surface area contributed by atoms with Crippen LogP contribution in [0.1, 0.15) is 37.4 Å². The van der Waals surface area contributed by atoms with Gasteiger partial charge >= 0.3 is 6.18 Å². The fraction of sp³-hybridized carbons (Fsp3) is 0.480. The number of amides is 1. The smallest absolute Gasteiger partial charge is 0.352 e. The van der Waals surface area contributed by atoms with Crippen molar-refractivity contribution in [3.63, 3.8) is 0 Å². The molecule has 1 aromatic carbocycles. The number of carbonyl (C=O) groups is 1. The summed E-state index contributed by atoms with van der Waals surface area (Å²) < 4.78 is 97.7. The highest BCUT2D eigenvalue weighted by Crippen LogP contribution is 2.71. The van der Waals surface area contributed by atoms with Gasteiger partial charge in [0, 0.05) is 24.3 Å². The number of aromatic nitrogens is 3. The first kappa shape index (κ1) is 27.2. The van der Waals surface area contributed by atoms with E-state index in [4.69, 9.17) is 11.6 Å². The van der Waals surface area contributed by atoms with Gasteiger partial charge in [0.1, 0.15) is 10.8 Å². The zero-order chi connectivity index (χ0) is 29.0. The van der Waals surface area contributed by atoms with Crippen molar-refractivity contribution in [1.29, 1.82) is 0 Å². The first-order valence-corrected chi connectivity index (χ1v) is 14.6. The SMILES string of the molecule is C[C@@]1(C(F)(F)F)CN(c2ccc([C@H]3C(F)(F)[C@]3(C)C(=O)NC3CCS(=O)(=O)C3)cc2)c2cnc3cc(Cl)nn3c21. The van der Waals surface area contributed by atoms with Crippen molar-refractivity contribution in [3.05, 3.63) is 52.9 Å². The summed E-state index contributed by atoms with van der Waals surface area (Å²) in [5.74, 6) is -6.22. The van der Waals surface area contributed by atoms with Crippen molar-refractivity contribution < 1.29 is 35.2 Å². The number of nitrogens with one attached hydrogen (secondary N) is 1. The summed E-state index contributed by atoms with van der Waals surface area (Å²) in [5.41, 5.74) is -3.84. The lowest BCUT2D eigenvalue weighted by Gasteiger charge is -2.28. The Balaban J connectivity index is 1.30. The average Bonchev–Trinajstić information content (AvgIpc) is 3.27. The van der Waals surface area contributed by atoms with Crippen molar-refractivity contribution >= 4 is 44.4 Å². The molecule has 3 aliphatic rings. The molecule has 4 atom stereocenters. The van der Waals surface area contributed by atoms with Crippen LogP contribution in [-0.4, -0.2) is 65.1 Å². The minimum atomic E-state index is -4.66. The van der Waals surface area contributed by atoms with Crippen molar-refractivity contribution in [2.75, 3.05) is 23.0 Å². The number of hydrogen-bond donors (Lipinski definition) is 1. The van der Waals surface area contributed by atoms with E-state index >= 15 is 8.78 Å². The van der Waals surface area contributed by atoms with Gasteiger partial charge in [-0.1, -0.05) is 23.7 Å². The molecule has 0 spiro atoms. The standard InChI is InChI=1S/C25H23ClF5N5O3S/c1-22(25(29,30)31)12-35(16-10-32-18-9-17(26)34-36(18)20(16)22)15-5-3-13(4-6-15)19-23(2,24(19,27)28)21(37)33-14-7-8-40(38,39)11-14/h3-6,9-10,14,19H,7-8,11-12H2,1-2H3,(H,33,37)/t14?,19-,22-,23+/m1/s1. The minimum Gasteiger partial charge on any atom is -0.352 e. The summed E-state index contributed by atoms with van der Waals surface area (Å²) in [5, 5.41) is 6.45. The molecular formula is C25H23ClF5N5O3S. The number of carbonyl (C=O) groups excluding carboxylic acids is 1. The second-order valence-electron chi connectivity index (χ2n) is 11.1. The average molecular weight is 604 g/mol. The highest BCUT2D eigenvalue weighted by molar-refractivity contribution is 7.91. The first-order chi connectivity index (χ1) is 18.5. The number of sulfone groups is 1. The minimum absolute atomic E-state index is 0.0137. The van der Waals surface area contributed by atoms with Crippen LogP contribution in [0.2, 0.25) is 5.15 Å². The fourth-order valence-electron chi connectivity index (χ4n) is 5.99. The van der Waals surface area contributed by atoms with Crippen LogP contribution in [0.25, 0.3) is 5.65 Å². The lowest BCUT2D eigenvalue weighted by Crippen LogP contribution is -2.43. The highest BCUT2D eigenvalue weighted by Gasteiger charge is 2.82. The zero-order valence-electron chi connectivity index (χ0n) is 21.1. The Morgan fingerprint density at radius 1 is 1.18 bits per heavy atom. The fourth-order valence-corrected chi connectivity index (χ4v) is 7.83. The lowest BCUT2D eigenvalue weighted by molar-refractivity contribution is -0.181. The van der Waals surface area contributed by atoms with Crippen molar-refractivity contribution in [2.24, 2.45) is 5.41 Å². The van der Waals surface area contributed by atoms with E-state index in [-0.39, 0.29) is 45.7 Å². The molecule has 6 rings (SSSR count). The lowest BCUT2D eigenvalue weighted by atomic mass is 9.87. The number of fused-ring (bicyclic) bond motifs is 3. The van der Waals surface area contributed by atoms with Gasteiger partial charge in [-0.25, -0.2) is 26.7 Å². The third kappa shape index (κ3) is 3.74. The third-order valence-electron chi connectivity index (χ3n) is 8.47. The van der Waals surface area contributed by atoms with Crippen molar-refractivity contribution in [1.82, 2.24) is 19.9 Å². The van der Waals surface area contributed by atoms with E-state index in [0.29, 0.717) is 5.69 Å². The Morgan fingerprint density at radius 3 is 2.45 bits per heavy atom. The molecule has 0 bridgehead atoms. The topological polar surface area (TPSA) is 96.7 Å². The summed E-state index contributed by atoms with van der Waals surface area (Å²) in [6.07, 6.45) is -3.20. The van der Waals surface area contributed by atoms with E-state index in [2.05, 4.69) is 15.4 Å². The van der Waals surface area contributed by atoms with Gasteiger partial charge in [-0.2, -0.15) is 18.3 Å². The van der Waals surface area contributed by atoms with Gasteiger partial charge in [-0.15, -0.1) is 0 Å². The van der Waals surface area contributed by atoms with E-state index < -0.39 is 57.2 Å². The Morgan fingerprint density at radius 2 is 1.85 bits per heavy atom. The zero-order valence-corrected chi connectivity index (χ0v) is 22.7. The highest BCUT2D eigenvalue weighted by atomic mass is 35.5. The van der Waals surface area contributed by atoms with Crippen LogP contribution >= 0.6 is 11.6 Å². The number of hydrogen-bond acceptors (Lipinski definition) is 6. The molecule has 4 heterocycles. The Labute approximate surface area is 230 Å². The summed E-state index contributed by atoms with van der Waals surface area (Å²) in [6.45, 7) is 1.68. The molecule has 1 saturated carbocycles. The number of anilines is 2. The number of halogens is 6. The molecule has 3 aromatic rings. The first-order valence-electron chi connectivity index (χ1n) is 12.4. The number of alkyl halides is 5. The van der Waals surface area contributed by atoms with Crippen LogP contribution in [0.3, 0.4) is 0 Å². The van der Waals surface area contributed by atoms with Crippen LogP contribution < -0.4 is 10.2 Å². The second-order valence-corrected chi connectivity index (χ2v) is 13.7. The predicted octanol–water partition coefficient (Wildman–Crippen LogP) is 4.40. The second kappa shape index (κ2) is 8.28. The molecular weight excluding hydrogens is 581 g/mol. The maximum atomic E-state index is 15.0. The van der Waals surface area contributed by atoms with E-state index in [9.17, 15) is 26.4 Å². The van der Waals surface area contributed by atoms with Gasteiger partial charge in [-0.3, -0.25) is 4.79 Å². The molecule has 1 saturated heterocycles. The van der Waals surface area contributed by atoms with Gasteiger partial charge in [0.15, 0.2) is 20.6 Å². The molecule has 1 unspecified atom stereocenters. The normalized spacial score (nSPS) is 30.4. The molecule has 214 valence electrons. The Hall–Kier alpha value is -3.00. The van der Waals surface area contributed by atoms with Gasteiger partial charge in [-0.05, 0) is 38.0 Å². The van der Waals surface area contributed by atoms with E-state index in [1.807, 2.05) is 0 Å². The van der Waals surface area contributed by atoms with Gasteiger partial charge in [0.05, 0.1) is 35.0 Å². The Bertz CT molecular complexity index is 1660. The number of rotatable bonds is 4. The Kier molecular flexibility index (Phi) is 5.62. The number of nitrogens with zero attached hydrogens (tertiary/aromatic N) is 4. The molecule has 2 aliphatic heterocycles. The molecule has 1 N–H and O–H groups in total. The number of benzene rings is 1. The van der Waals surface area contributed by atoms with Crippen LogP contribution in [-0.2, 0) is 20.0 Å². The van der Waals surface area contributed by atoms with Crippen molar-refractivity contribution in [2.45, 2.75) is 49.7 Å². The molecule has 15 heteroatoms. The third-order valence-corrected chi connectivity index (χ3v) is 10.4. The molecule has 1 amide bonds. The van der Waals surface area contributed by atoms with Crippen LogP contribution in [0.4, 0.5) is 33.3 Å². The largest absolute Gasteiger partial charge is 0.401 e. The summed E-state index contributed by atoms with van der Waals surface area (Å²) >= 11 is 5.94. The summed E-state index contributed by atoms with van der Waals surface area (Å²) in [7, 11) is -3.32. The molecule has 2 fully saturated rings. The predicted molar refractivity (Wildman–Crippen MR) is 136 cm³/mol. The van der Waals surface area contributed by atoms with Crippen LogP contribution in [0.5, 0.6) is 0 Å². The summed E-state index contributed by atoms with van der Waals surface area (Å²) in [4.78, 5) is 18.4.